The zero-order valence-electron chi connectivity index (χ0n) is 18.8. The van der Waals surface area contributed by atoms with Gasteiger partial charge in [-0.2, -0.15) is 0 Å². The maximum atomic E-state index is 11.6. The van der Waals surface area contributed by atoms with E-state index in [1.165, 1.54) is 17.4 Å². The fourth-order valence-electron chi connectivity index (χ4n) is 2.99. The number of sulfone groups is 1. The molecule has 1 heterocycles. The highest BCUT2D eigenvalue weighted by molar-refractivity contribution is 7.90. The molecule has 5 nitrogen and oxygen atoms in total. The van der Waals surface area contributed by atoms with Crippen LogP contribution in [0.4, 0.5) is 5.69 Å². The lowest BCUT2D eigenvalue weighted by atomic mass is 10.0. The predicted octanol–water partition coefficient (Wildman–Crippen LogP) is 5.88. The summed E-state index contributed by atoms with van der Waals surface area (Å²) >= 11 is 1.62. The lowest BCUT2D eigenvalue weighted by Crippen LogP contribution is -2.14. The van der Waals surface area contributed by atoms with E-state index in [-0.39, 0.29) is 24.8 Å². The molecule has 0 amide bonds. The van der Waals surface area contributed by atoms with Crippen LogP contribution in [0.15, 0.2) is 51.7 Å². The van der Waals surface area contributed by atoms with Crippen molar-refractivity contribution in [2.24, 2.45) is 4.99 Å². The Morgan fingerprint density at radius 1 is 1.09 bits per heavy atom. The van der Waals surface area contributed by atoms with Crippen molar-refractivity contribution < 1.29 is 8.42 Å². The van der Waals surface area contributed by atoms with Crippen LogP contribution >= 0.6 is 36.2 Å². The summed E-state index contributed by atoms with van der Waals surface area (Å²) in [4.78, 5) is 11.7. The topological polar surface area (TPSA) is 62.6 Å². The van der Waals surface area contributed by atoms with Crippen molar-refractivity contribution in [2.75, 3.05) is 19.8 Å². The first-order valence-corrected chi connectivity index (χ1v) is 12.5. The molecule has 32 heavy (non-hydrogen) atoms. The van der Waals surface area contributed by atoms with E-state index in [4.69, 9.17) is 4.98 Å². The van der Waals surface area contributed by atoms with Crippen LogP contribution in [0.2, 0.25) is 0 Å². The number of benzene rings is 2. The molecule has 3 aromatic rings. The Morgan fingerprint density at radius 2 is 1.75 bits per heavy atom. The second kappa shape index (κ2) is 11.8. The van der Waals surface area contributed by atoms with Gasteiger partial charge in [0.25, 0.3) is 0 Å². The number of halogens is 2. The summed E-state index contributed by atoms with van der Waals surface area (Å²) in [6.45, 7) is 7.20. The van der Waals surface area contributed by atoms with Crippen molar-refractivity contribution in [3.63, 3.8) is 0 Å². The van der Waals surface area contributed by atoms with Gasteiger partial charge in [0.15, 0.2) is 9.84 Å². The van der Waals surface area contributed by atoms with Crippen molar-refractivity contribution in [1.29, 1.82) is 0 Å². The van der Waals surface area contributed by atoms with Crippen molar-refractivity contribution in [2.45, 2.75) is 32.1 Å². The minimum atomic E-state index is -3.19. The summed E-state index contributed by atoms with van der Waals surface area (Å²) in [5.41, 5.74) is 6.35. The van der Waals surface area contributed by atoms with Gasteiger partial charge in [-0.25, -0.2) is 18.4 Å². The summed E-state index contributed by atoms with van der Waals surface area (Å²) in [5, 5.41) is 3.05. The number of thiazole rings is 1. The van der Waals surface area contributed by atoms with Crippen LogP contribution < -0.4 is 0 Å². The van der Waals surface area contributed by atoms with Gasteiger partial charge in [0.05, 0.1) is 27.6 Å². The molecule has 0 fully saturated rings. The SMILES string of the molecule is CCN(C)C=Nc1cc(C)c(Cc2nc(-c3ccc(S(C)(=O)=O)cc3)cs2)cc1C.Cl.Cl. The number of aryl methyl sites for hydroxylation is 2. The lowest BCUT2D eigenvalue weighted by molar-refractivity contribution is 0.552. The lowest BCUT2D eigenvalue weighted by Gasteiger charge is -2.11. The average Bonchev–Trinajstić information content (AvgIpc) is 3.17. The van der Waals surface area contributed by atoms with E-state index in [0.29, 0.717) is 4.90 Å². The number of aliphatic imine (C=N–C) groups is 1. The Balaban J connectivity index is 0.00000256. The number of hydrogen-bond acceptors (Lipinski definition) is 5. The van der Waals surface area contributed by atoms with Crippen LogP contribution in [0.25, 0.3) is 11.3 Å². The van der Waals surface area contributed by atoms with E-state index in [2.05, 4.69) is 37.9 Å². The summed E-state index contributed by atoms with van der Waals surface area (Å²) in [6, 6.07) is 11.2. The van der Waals surface area contributed by atoms with Gasteiger partial charge in [-0.05, 0) is 55.7 Å². The third kappa shape index (κ3) is 7.04. The molecule has 0 radical (unpaired) electrons. The maximum absolute atomic E-state index is 11.6. The molecule has 9 heteroatoms. The molecule has 2 aromatic carbocycles. The molecule has 0 saturated carbocycles. The smallest absolute Gasteiger partial charge is 0.175 e. The Hall–Kier alpha value is -1.93. The van der Waals surface area contributed by atoms with E-state index in [1.807, 2.05) is 35.8 Å². The maximum Gasteiger partial charge on any atom is 0.175 e. The van der Waals surface area contributed by atoms with Crippen molar-refractivity contribution >= 4 is 58.0 Å². The summed E-state index contributed by atoms with van der Waals surface area (Å²) in [6.07, 6.45) is 3.84. The van der Waals surface area contributed by atoms with Crippen molar-refractivity contribution in [3.05, 3.63) is 63.5 Å². The summed E-state index contributed by atoms with van der Waals surface area (Å²) in [5.74, 6) is 0. The van der Waals surface area contributed by atoms with Gasteiger partial charge in [0, 0.05) is 37.2 Å². The first kappa shape index (κ1) is 28.1. The van der Waals surface area contributed by atoms with Crippen LogP contribution in [0, 0.1) is 13.8 Å². The van der Waals surface area contributed by atoms with Gasteiger partial charge >= 0.3 is 0 Å². The normalized spacial score (nSPS) is 11.2. The number of rotatable bonds is 7. The van der Waals surface area contributed by atoms with Crippen LogP contribution in [-0.2, 0) is 16.3 Å². The van der Waals surface area contributed by atoms with Gasteiger partial charge in [-0.15, -0.1) is 36.2 Å². The first-order chi connectivity index (χ1) is 14.2. The standard InChI is InChI=1S/C23H27N3O2S2.2ClH/c1-6-26(4)15-24-21-12-16(2)19(11-17(21)3)13-23-25-22(14-29-23)18-7-9-20(10-8-18)30(5,27)28;;/h7-12,14-15H,6,13H2,1-5H3;2*1H. The molecular formula is C23H29Cl2N3O2S2. The third-order valence-electron chi connectivity index (χ3n) is 5.02. The van der Waals surface area contributed by atoms with E-state index in [9.17, 15) is 8.42 Å². The van der Waals surface area contributed by atoms with Crippen molar-refractivity contribution in [1.82, 2.24) is 9.88 Å². The monoisotopic (exact) mass is 513 g/mol. The molecule has 0 spiro atoms. The molecule has 0 aliphatic heterocycles. The Bertz CT molecular complexity index is 1170. The average molecular weight is 515 g/mol. The molecule has 174 valence electrons. The molecule has 0 saturated heterocycles. The fraction of sp³-hybridized carbons (Fsp3) is 0.304. The molecule has 3 rings (SSSR count). The largest absolute Gasteiger partial charge is 0.366 e. The molecule has 0 atom stereocenters. The molecule has 0 bridgehead atoms. The minimum Gasteiger partial charge on any atom is -0.366 e. The number of hydrogen-bond donors (Lipinski definition) is 0. The number of nitrogens with zero attached hydrogens (tertiary/aromatic N) is 3. The molecule has 0 unspecified atom stereocenters. The predicted molar refractivity (Wildman–Crippen MR) is 140 cm³/mol. The highest BCUT2D eigenvalue weighted by Crippen LogP contribution is 2.28. The Kier molecular flexibility index (Phi) is 10.4. The Morgan fingerprint density at radius 3 is 2.34 bits per heavy atom. The summed E-state index contributed by atoms with van der Waals surface area (Å²) < 4.78 is 23.3. The molecule has 0 aliphatic rings. The zero-order chi connectivity index (χ0) is 21.9. The van der Waals surface area contributed by atoms with Gasteiger partial charge in [-0.3, -0.25) is 0 Å². The third-order valence-corrected chi connectivity index (χ3v) is 7.00. The highest BCUT2D eigenvalue weighted by Gasteiger charge is 2.11. The van der Waals surface area contributed by atoms with Gasteiger partial charge in [-0.1, -0.05) is 18.2 Å². The molecule has 1 aromatic heterocycles. The van der Waals surface area contributed by atoms with E-state index in [1.54, 1.807) is 23.5 Å². The van der Waals surface area contributed by atoms with E-state index in [0.717, 1.165) is 40.5 Å². The van der Waals surface area contributed by atoms with Crippen LogP contribution in [0.5, 0.6) is 0 Å². The van der Waals surface area contributed by atoms with Gasteiger partial charge < -0.3 is 4.90 Å². The molecular weight excluding hydrogens is 485 g/mol. The van der Waals surface area contributed by atoms with Gasteiger partial charge in [0.1, 0.15) is 0 Å². The fourth-order valence-corrected chi connectivity index (χ4v) is 4.45. The second-order valence-corrected chi connectivity index (χ2v) is 10.4. The minimum absolute atomic E-state index is 0. The summed E-state index contributed by atoms with van der Waals surface area (Å²) in [7, 11) is -1.18. The highest BCUT2D eigenvalue weighted by atomic mass is 35.5. The van der Waals surface area contributed by atoms with Crippen LogP contribution in [0.3, 0.4) is 0 Å². The second-order valence-electron chi connectivity index (χ2n) is 7.48. The van der Waals surface area contributed by atoms with Crippen molar-refractivity contribution in [3.8, 4) is 11.3 Å². The Labute approximate surface area is 207 Å². The zero-order valence-corrected chi connectivity index (χ0v) is 22.1. The quantitative estimate of drug-likeness (QED) is 0.292. The van der Waals surface area contributed by atoms with Gasteiger partial charge in [0.2, 0.25) is 0 Å². The number of aromatic nitrogens is 1. The van der Waals surface area contributed by atoms with Crippen LogP contribution in [0.1, 0.15) is 28.6 Å². The molecule has 0 aliphatic carbocycles. The van der Waals surface area contributed by atoms with E-state index >= 15 is 0 Å². The van der Waals surface area contributed by atoms with Crippen LogP contribution in [-0.4, -0.2) is 44.5 Å². The first-order valence-electron chi connectivity index (χ1n) is 9.77. The van der Waals surface area contributed by atoms with E-state index < -0.39 is 9.84 Å². The molecule has 0 N–H and O–H groups in total.